The zero-order chi connectivity index (χ0) is 21.4. The second-order valence-corrected chi connectivity index (χ2v) is 9.80. The van der Waals surface area contributed by atoms with Gasteiger partial charge in [0.25, 0.3) is 0 Å². The standard InChI is InChI=1S/C24H26FN5S/c1-24(14-26,16-5-4-6-17(25)13-16)30-11-9-18(10-12-30)29-22-21-19-7-2-3-8-20(19)31-23(21)28-15-27-22/h4-6,13,15,18H,2-3,7-12H2,1H3,(H,27,28,29). The molecule has 0 radical (unpaired) electrons. The van der Waals surface area contributed by atoms with Crippen molar-refractivity contribution in [2.45, 2.75) is 57.0 Å². The molecule has 2 aliphatic rings. The van der Waals surface area contributed by atoms with Crippen LogP contribution in [-0.4, -0.2) is 34.0 Å². The van der Waals surface area contributed by atoms with E-state index in [1.165, 1.54) is 40.8 Å². The first-order chi connectivity index (χ1) is 15.1. The van der Waals surface area contributed by atoms with Crippen molar-refractivity contribution < 1.29 is 4.39 Å². The number of nitrogens with one attached hydrogen (secondary N) is 1. The monoisotopic (exact) mass is 435 g/mol. The van der Waals surface area contributed by atoms with Gasteiger partial charge in [-0.15, -0.1) is 11.3 Å². The summed E-state index contributed by atoms with van der Waals surface area (Å²) >= 11 is 1.82. The summed E-state index contributed by atoms with van der Waals surface area (Å²) in [6.45, 7) is 3.43. The van der Waals surface area contributed by atoms with E-state index in [1.807, 2.05) is 24.3 Å². The maximum absolute atomic E-state index is 13.8. The highest BCUT2D eigenvalue weighted by Crippen LogP contribution is 2.39. The van der Waals surface area contributed by atoms with Gasteiger partial charge in [-0.05, 0) is 68.7 Å². The number of likely N-dealkylation sites (tertiary alicyclic amines) is 1. The molecule has 1 atom stereocenters. The molecule has 1 aromatic carbocycles. The molecule has 0 bridgehead atoms. The summed E-state index contributed by atoms with van der Waals surface area (Å²) in [6.07, 6.45) is 8.24. The summed E-state index contributed by atoms with van der Waals surface area (Å²) in [6, 6.07) is 9.14. The number of nitrogens with zero attached hydrogens (tertiary/aromatic N) is 4. The fourth-order valence-corrected chi connectivity index (χ4v) is 6.20. The van der Waals surface area contributed by atoms with E-state index < -0.39 is 5.54 Å². The Kier molecular flexibility index (Phi) is 5.37. The number of aromatic nitrogens is 2. The molecule has 0 amide bonds. The van der Waals surface area contributed by atoms with Crippen LogP contribution in [-0.2, 0) is 18.4 Å². The highest BCUT2D eigenvalue weighted by Gasteiger charge is 2.37. The van der Waals surface area contributed by atoms with Crippen LogP contribution in [0.2, 0.25) is 0 Å². The van der Waals surface area contributed by atoms with Crippen LogP contribution in [0.5, 0.6) is 0 Å². The van der Waals surface area contributed by atoms with E-state index >= 15 is 0 Å². The number of anilines is 1. The van der Waals surface area contributed by atoms with Gasteiger partial charge in [0.2, 0.25) is 0 Å². The molecule has 5 rings (SSSR count). The van der Waals surface area contributed by atoms with Gasteiger partial charge in [-0.25, -0.2) is 14.4 Å². The third kappa shape index (κ3) is 3.68. The fraction of sp³-hybridized carbons (Fsp3) is 0.458. The van der Waals surface area contributed by atoms with Crippen LogP contribution in [0.4, 0.5) is 10.2 Å². The van der Waals surface area contributed by atoms with Crippen molar-refractivity contribution in [1.29, 1.82) is 5.26 Å². The van der Waals surface area contributed by atoms with E-state index in [2.05, 4.69) is 26.3 Å². The van der Waals surface area contributed by atoms with Gasteiger partial charge in [0, 0.05) is 24.0 Å². The molecule has 1 N–H and O–H groups in total. The highest BCUT2D eigenvalue weighted by molar-refractivity contribution is 7.19. The quantitative estimate of drug-likeness (QED) is 0.623. The first-order valence-electron chi connectivity index (χ1n) is 11.0. The average Bonchev–Trinajstić information content (AvgIpc) is 3.19. The minimum absolute atomic E-state index is 0.295. The lowest BCUT2D eigenvalue weighted by Gasteiger charge is -2.41. The zero-order valence-electron chi connectivity index (χ0n) is 17.7. The number of hydrogen-bond donors (Lipinski definition) is 1. The third-order valence-corrected chi connectivity index (χ3v) is 8.02. The Balaban J connectivity index is 1.33. The Morgan fingerprint density at radius 3 is 2.81 bits per heavy atom. The molecule has 3 aromatic rings. The molecule has 1 unspecified atom stereocenters. The Morgan fingerprint density at radius 2 is 2.03 bits per heavy atom. The number of thiophene rings is 1. The van der Waals surface area contributed by atoms with Crippen molar-refractivity contribution in [3.05, 3.63) is 52.4 Å². The molecule has 1 aliphatic heterocycles. The van der Waals surface area contributed by atoms with Crippen LogP contribution in [0.15, 0.2) is 30.6 Å². The summed E-state index contributed by atoms with van der Waals surface area (Å²) in [4.78, 5) is 13.9. The molecule has 0 saturated carbocycles. The van der Waals surface area contributed by atoms with Gasteiger partial charge < -0.3 is 5.32 Å². The molecule has 160 valence electrons. The second-order valence-electron chi connectivity index (χ2n) is 8.71. The number of hydrogen-bond acceptors (Lipinski definition) is 6. The Bertz CT molecular complexity index is 1140. The number of piperidine rings is 1. The molecule has 5 nitrogen and oxygen atoms in total. The number of benzene rings is 1. The van der Waals surface area contributed by atoms with Crippen LogP contribution in [0.1, 0.15) is 48.6 Å². The van der Waals surface area contributed by atoms with Gasteiger partial charge in [-0.3, -0.25) is 4.90 Å². The molecule has 31 heavy (non-hydrogen) atoms. The zero-order valence-corrected chi connectivity index (χ0v) is 18.5. The molecule has 0 spiro atoms. The lowest BCUT2D eigenvalue weighted by molar-refractivity contribution is 0.118. The summed E-state index contributed by atoms with van der Waals surface area (Å²) in [7, 11) is 0. The van der Waals surface area contributed by atoms with Gasteiger partial charge in [0.05, 0.1) is 11.5 Å². The van der Waals surface area contributed by atoms with Gasteiger partial charge in [-0.1, -0.05) is 12.1 Å². The van der Waals surface area contributed by atoms with Gasteiger partial charge in [-0.2, -0.15) is 5.26 Å². The lowest BCUT2D eigenvalue weighted by Crippen LogP contribution is -2.49. The van der Waals surface area contributed by atoms with E-state index in [9.17, 15) is 9.65 Å². The molecule has 7 heteroatoms. The van der Waals surface area contributed by atoms with Crippen LogP contribution in [0.3, 0.4) is 0 Å². The normalized spacial score (nSPS) is 19.5. The predicted octanol–water partition coefficient (Wildman–Crippen LogP) is 5.02. The van der Waals surface area contributed by atoms with Crippen LogP contribution in [0, 0.1) is 17.1 Å². The second kappa shape index (κ2) is 8.18. The van der Waals surface area contributed by atoms with Gasteiger partial charge in [0.15, 0.2) is 0 Å². The van der Waals surface area contributed by atoms with Crippen molar-refractivity contribution in [3.63, 3.8) is 0 Å². The van der Waals surface area contributed by atoms with E-state index in [-0.39, 0.29) is 5.82 Å². The van der Waals surface area contributed by atoms with Crippen LogP contribution in [0.25, 0.3) is 10.2 Å². The topological polar surface area (TPSA) is 64.8 Å². The van der Waals surface area contributed by atoms with Gasteiger partial charge >= 0.3 is 0 Å². The molecule has 1 fully saturated rings. The van der Waals surface area contributed by atoms with Crippen LogP contribution < -0.4 is 5.32 Å². The lowest BCUT2D eigenvalue weighted by atomic mass is 9.88. The fourth-order valence-electron chi connectivity index (χ4n) is 4.97. The SMILES string of the molecule is CC(C#N)(c1cccc(F)c1)N1CCC(Nc2ncnc3sc4c(c23)CCCC4)CC1. The Morgan fingerprint density at radius 1 is 1.23 bits per heavy atom. The maximum atomic E-state index is 13.8. The van der Waals surface area contributed by atoms with E-state index in [1.54, 1.807) is 12.4 Å². The number of fused-ring (bicyclic) bond motifs is 3. The largest absolute Gasteiger partial charge is 0.367 e. The smallest absolute Gasteiger partial charge is 0.138 e. The van der Waals surface area contributed by atoms with Crippen molar-refractivity contribution >= 4 is 27.4 Å². The molecule has 3 heterocycles. The average molecular weight is 436 g/mol. The number of halogens is 1. The molecule has 1 aliphatic carbocycles. The van der Waals surface area contributed by atoms with E-state index in [4.69, 9.17) is 0 Å². The molecular weight excluding hydrogens is 409 g/mol. The summed E-state index contributed by atoms with van der Waals surface area (Å²) in [5.74, 6) is 0.651. The summed E-state index contributed by atoms with van der Waals surface area (Å²) < 4.78 is 13.8. The van der Waals surface area contributed by atoms with Crippen molar-refractivity contribution in [3.8, 4) is 6.07 Å². The minimum Gasteiger partial charge on any atom is -0.367 e. The predicted molar refractivity (Wildman–Crippen MR) is 122 cm³/mol. The van der Waals surface area contributed by atoms with E-state index in [0.717, 1.165) is 49.4 Å². The number of nitriles is 1. The first kappa shape index (κ1) is 20.3. The Hall–Kier alpha value is -2.56. The van der Waals surface area contributed by atoms with Crippen molar-refractivity contribution in [1.82, 2.24) is 14.9 Å². The van der Waals surface area contributed by atoms with Gasteiger partial charge in [0.1, 0.15) is 28.3 Å². The minimum atomic E-state index is -0.832. The van der Waals surface area contributed by atoms with E-state index in [0.29, 0.717) is 11.6 Å². The third-order valence-electron chi connectivity index (χ3n) is 6.82. The number of rotatable bonds is 4. The summed E-state index contributed by atoms with van der Waals surface area (Å²) in [5, 5.41) is 14.8. The summed E-state index contributed by atoms with van der Waals surface area (Å²) in [5.41, 5.74) is 1.32. The highest BCUT2D eigenvalue weighted by atomic mass is 32.1. The first-order valence-corrected chi connectivity index (χ1v) is 11.8. The number of aryl methyl sites for hydroxylation is 2. The molecule has 2 aromatic heterocycles. The van der Waals surface area contributed by atoms with Crippen molar-refractivity contribution in [2.75, 3.05) is 18.4 Å². The maximum Gasteiger partial charge on any atom is 0.138 e. The Labute approximate surface area is 185 Å². The molecular formula is C24H26FN5S. The van der Waals surface area contributed by atoms with Crippen molar-refractivity contribution in [2.24, 2.45) is 0 Å². The molecule has 1 saturated heterocycles. The van der Waals surface area contributed by atoms with Crippen LogP contribution >= 0.6 is 11.3 Å².